The number of hydrogen-bond acceptors (Lipinski definition) is 3. The maximum atomic E-state index is 13.1. The molecule has 0 aliphatic heterocycles. The number of rotatable bonds is 7. The number of nitrogens with one attached hydrogen (secondary N) is 1. The molecule has 2 aromatic rings. The van der Waals surface area contributed by atoms with Gasteiger partial charge < -0.3 is 10.1 Å². The van der Waals surface area contributed by atoms with Crippen LogP contribution in [0.3, 0.4) is 0 Å². The lowest BCUT2D eigenvalue weighted by atomic mass is 10.2. The molecule has 1 aromatic heterocycles. The molecule has 21 heavy (non-hydrogen) atoms. The van der Waals surface area contributed by atoms with E-state index in [1.165, 1.54) is 18.2 Å². The van der Waals surface area contributed by atoms with E-state index >= 15 is 0 Å². The Kier molecular flexibility index (Phi) is 5.96. The van der Waals surface area contributed by atoms with Gasteiger partial charge in [0.05, 0.1) is 11.9 Å². The van der Waals surface area contributed by atoms with Gasteiger partial charge in [-0.1, -0.05) is 18.5 Å². The van der Waals surface area contributed by atoms with Crippen LogP contribution in [0.25, 0.3) is 0 Å². The molecule has 1 N–H and O–H groups in total. The van der Waals surface area contributed by atoms with Gasteiger partial charge in [0, 0.05) is 17.1 Å². The Morgan fingerprint density at radius 2 is 2.14 bits per heavy atom. The molecular formula is C16H18ClFN2O. The number of ether oxygens (including phenoxy) is 1. The number of pyridine rings is 1. The summed E-state index contributed by atoms with van der Waals surface area (Å²) in [5.74, 6) is 0.308. The van der Waals surface area contributed by atoms with Crippen molar-refractivity contribution in [3.05, 3.63) is 58.6 Å². The van der Waals surface area contributed by atoms with Crippen molar-refractivity contribution in [1.29, 1.82) is 0 Å². The number of nitrogens with zero attached hydrogens (tertiary/aromatic N) is 1. The molecule has 1 heterocycles. The van der Waals surface area contributed by atoms with Gasteiger partial charge in [0.15, 0.2) is 0 Å². The largest absolute Gasteiger partial charge is 0.487 e. The van der Waals surface area contributed by atoms with Crippen LogP contribution in [0.2, 0.25) is 5.02 Å². The summed E-state index contributed by atoms with van der Waals surface area (Å²) in [7, 11) is 0. The minimum Gasteiger partial charge on any atom is -0.487 e. The van der Waals surface area contributed by atoms with Gasteiger partial charge in [-0.15, -0.1) is 0 Å². The van der Waals surface area contributed by atoms with Crippen molar-refractivity contribution in [1.82, 2.24) is 10.3 Å². The Morgan fingerprint density at radius 1 is 1.29 bits per heavy atom. The highest BCUT2D eigenvalue weighted by Gasteiger charge is 2.04. The monoisotopic (exact) mass is 308 g/mol. The van der Waals surface area contributed by atoms with E-state index in [4.69, 9.17) is 16.3 Å². The zero-order chi connectivity index (χ0) is 15.1. The minimum absolute atomic E-state index is 0.214. The zero-order valence-electron chi connectivity index (χ0n) is 11.9. The van der Waals surface area contributed by atoms with Crippen molar-refractivity contribution in [2.24, 2.45) is 0 Å². The molecule has 5 heteroatoms. The minimum atomic E-state index is -0.325. The summed E-state index contributed by atoms with van der Waals surface area (Å²) in [4.78, 5) is 4.31. The van der Waals surface area contributed by atoms with Gasteiger partial charge >= 0.3 is 0 Å². The fourth-order valence-corrected chi connectivity index (χ4v) is 1.98. The third-order valence-electron chi connectivity index (χ3n) is 2.93. The first-order valence-electron chi connectivity index (χ1n) is 6.91. The maximum absolute atomic E-state index is 13.1. The summed E-state index contributed by atoms with van der Waals surface area (Å²) < 4.78 is 18.7. The predicted molar refractivity (Wildman–Crippen MR) is 82.0 cm³/mol. The van der Waals surface area contributed by atoms with Crippen LogP contribution >= 0.6 is 11.6 Å². The van der Waals surface area contributed by atoms with Crippen molar-refractivity contribution < 1.29 is 9.13 Å². The number of benzene rings is 1. The molecule has 112 valence electrons. The highest BCUT2D eigenvalue weighted by atomic mass is 35.5. The van der Waals surface area contributed by atoms with Crippen LogP contribution in [0.5, 0.6) is 5.75 Å². The van der Waals surface area contributed by atoms with Gasteiger partial charge in [0.25, 0.3) is 0 Å². The highest BCUT2D eigenvalue weighted by molar-refractivity contribution is 6.31. The molecule has 3 nitrogen and oxygen atoms in total. The summed E-state index contributed by atoms with van der Waals surface area (Å²) in [6.45, 7) is 4.04. The van der Waals surface area contributed by atoms with Crippen LogP contribution < -0.4 is 10.1 Å². The predicted octanol–water partition coefficient (Wildman–Crippen LogP) is 3.95. The second-order valence-electron chi connectivity index (χ2n) is 4.69. The highest BCUT2D eigenvalue weighted by Crippen LogP contribution is 2.19. The van der Waals surface area contributed by atoms with Crippen molar-refractivity contribution in [3.63, 3.8) is 0 Å². The lowest BCUT2D eigenvalue weighted by molar-refractivity contribution is 0.304. The molecule has 1 aromatic carbocycles. The van der Waals surface area contributed by atoms with Crippen LogP contribution in [0.1, 0.15) is 24.6 Å². The van der Waals surface area contributed by atoms with E-state index in [0.29, 0.717) is 16.3 Å². The summed E-state index contributed by atoms with van der Waals surface area (Å²) >= 11 is 5.99. The Bertz CT molecular complexity index is 575. The number of halogens is 2. The second kappa shape index (κ2) is 7.96. The van der Waals surface area contributed by atoms with E-state index in [1.807, 2.05) is 12.1 Å². The molecular weight excluding hydrogens is 291 g/mol. The topological polar surface area (TPSA) is 34.1 Å². The zero-order valence-corrected chi connectivity index (χ0v) is 12.7. The molecule has 0 fully saturated rings. The van der Waals surface area contributed by atoms with Gasteiger partial charge in [0.1, 0.15) is 18.2 Å². The summed E-state index contributed by atoms with van der Waals surface area (Å²) in [5.41, 5.74) is 1.57. The summed E-state index contributed by atoms with van der Waals surface area (Å²) in [6.07, 6.45) is 2.76. The van der Waals surface area contributed by atoms with E-state index in [2.05, 4.69) is 17.2 Å². The second-order valence-corrected chi connectivity index (χ2v) is 5.09. The van der Waals surface area contributed by atoms with Gasteiger partial charge in [-0.05, 0) is 43.3 Å². The number of aromatic nitrogens is 1. The lowest BCUT2D eigenvalue weighted by Crippen LogP contribution is -2.14. The summed E-state index contributed by atoms with van der Waals surface area (Å²) in [5, 5.41) is 3.77. The average molecular weight is 309 g/mol. The van der Waals surface area contributed by atoms with E-state index < -0.39 is 0 Å². The third-order valence-corrected chi connectivity index (χ3v) is 3.30. The van der Waals surface area contributed by atoms with Crippen molar-refractivity contribution in [3.8, 4) is 5.75 Å². The van der Waals surface area contributed by atoms with Crippen LogP contribution in [0.15, 0.2) is 36.5 Å². The van der Waals surface area contributed by atoms with E-state index in [9.17, 15) is 4.39 Å². The van der Waals surface area contributed by atoms with Crippen LogP contribution in [-0.4, -0.2) is 11.5 Å². The van der Waals surface area contributed by atoms with E-state index in [0.717, 1.165) is 25.2 Å². The van der Waals surface area contributed by atoms with Gasteiger partial charge in [-0.2, -0.15) is 0 Å². The molecule has 0 saturated carbocycles. The fraction of sp³-hybridized carbons (Fsp3) is 0.312. The SMILES string of the molecule is CCCNCc1ccc(OCc2cc(F)ccc2Cl)cn1. The molecule has 0 spiro atoms. The van der Waals surface area contributed by atoms with Crippen molar-refractivity contribution >= 4 is 11.6 Å². The van der Waals surface area contributed by atoms with Crippen molar-refractivity contribution in [2.75, 3.05) is 6.54 Å². The van der Waals surface area contributed by atoms with Crippen LogP contribution in [0, 0.1) is 5.82 Å². The lowest BCUT2D eigenvalue weighted by Gasteiger charge is -2.08. The van der Waals surface area contributed by atoms with Crippen LogP contribution in [-0.2, 0) is 13.2 Å². The normalized spacial score (nSPS) is 10.6. The molecule has 0 unspecified atom stereocenters. The van der Waals surface area contributed by atoms with Gasteiger partial charge in [-0.25, -0.2) is 4.39 Å². The van der Waals surface area contributed by atoms with E-state index in [-0.39, 0.29) is 12.4 Å². The maximum Gasteiger partial charge on any atom is 0.138 e. The molecule has 0 saturated heterocycles. The quantitative estimate of drug-likeness (QED) is 0.786. The third kappa shape index (κ3) is 4.99. The molecule has 0 radical (unpaired) electrons. The molecule has 0 amide bonds. The standard InChI is InChI=1S/C16H18ClFN2O/c1-2-7-19-9-14-4-5-15(10-20-14)21-11-12-8-13(18)3-6-16(12)17/h3-6,8,10,19H,2,7,9,11H2,1H3. The Balaban J connectivity index is 1.90. The molecule has 2 rings (SSSR count). The Hall–Kier alpha value is -1.65. The van der Waals surface area contributed by atoms with Gasteiger partial charge in [0.2, 0.25) is 0 Å². The number of hydrogen-bond donors (Lipinski definition) is 1. The first-order chi connectivity index (χ1) is 10.2. The molecule has 0 aliphatic rings. The van der Waals surface area contributed by atoms with Crippen molar-refractivity contribution in [2.45, 2.75) is 26.5 Å². The fourth-order valence-electron chi connectivity index (χ4n) is 1.81. The van der Waals surface area contributed by atoms with E-state index in [1.54, 1.807) is 6.20 Å². The first kappa shape index (κ1) is 15.7. The Morgan fingerprint density at radius 3 is 2.86 bits per heavy atom. The molecule has 0 bridgehead atoms. The Labute approximate surface area is 129 Å². The smallest absolute Gasteiger partial charge is 0.138 e. The average Bonchev–Trinajstić information content (AvgIpc) is 2.50. The summed E-state index contributed by atoms with van der Waals surface area (Å²) in [6, 6.07) is 7.98. The first-order valence-corrected chi connectivity index (χ1v) is 7.29. The molecule has 0 atom stereocenters. The van der Waals surface area contributed by atoms with Gasteiger partial charge in [-0.3, -0.25) is 4.98 Å². The van der Waals surface area contributed by atoms with Crippen LogP contribution in [0.4, 0.5) is 4.39 Å². The molecule has 0 aliphatic carbocycles.